The summed E-state index contributed by atoms with van der Waals surface area (Å²) in [5.41, 5.74) is 2.00. The van der Waals surface area contributed by atoms with Crippen molar-refractivity contribution in [1.82, 2.24) is 0 Å². The lowest BCUT2D eigenvalue weighted by Crippen LogP contribution is -2.60. The standard InChI is InChI=1S/C33H57O9P/c1-19(2)7-6-8-20(3)24-11-12-25-23-10-9-21-17-22(13-15-32(21,4)26(23)14-16-33(24,25)5)41-31-30(36)29(35)28(34)27(42-31)18-40-43(37,38)39/h9,19-20,22-31,34-36H,6-8,10-18H2,1-5H3,(H2,37,38,39)/t20-,22+,23+,24-,25+,26+,27-,28+,29-,30+,31+,32+,33-/m1/s1. The van der Waals surface area contributed by atoms with Gasteiger partial charge in [-0.05, 0) is 97.7 Å². The van der Waals surface area contributed by atoms with E-state index in [1.807, 2.05) is 0 Å². The number of hydrogen-bond donors (Lipinski definition) is 5. The van der Waals surface area contributed by atoms with Gasteiger partial charge in [-0.15, -0.1) is 0 Å². The topological polar surface area (TPSA) is 146 Å². The second kappa shape index (κ2) is 13.0. The molecule has 4 fully saturated rings. The van der Waals surface area contributed by atoms with E-state index in [2.05, 4.69) is 45.2 Å². The Hall–Kier alpha value is -0.350. The molecule has 1 saturated heterocycles. The Morgan fingerprint density at radius 3 is 2.42 bits per heavy atom. The molecule has 1 heterocycles. The van der Waals surface area contributed by atoms with Gasteiger partial charge in [0.25, 0.3) is 0 Å². The van der Waals surface area contributed by atoms with Crippen LogP contribution in [-0.2, 0) is 18.6 Å². The number of fused-ring (bicyclic) bond motifs is 5. The third kappa shape index (κ3) is 6.87. The first kappa shape index (κ1) is 34.0. The maximum atomic E-state index is 11.2. The molecule has 0 bridgehead atoms. The molecule has 13 atom stereocenters. The van der Waals surface area contributed by atoms with Crippen LogP contribution in [0.15, 0.2) is 11.6 Å². The lowest BCUT2D eigenvalue weighted by Gasteiger charge is -2.58. The van der Waals surface area contributed by atoms with Gasteiger partial charge in [0.1, 0.15) is 24.4 Å². The van der Waals surface area contributed by atoms with Crippen molar-refractivity contribution in [2.45, 2.75) is 142 Å². The van der Waals surface area contributed by atoms with E-state index in [9.17, 15) is 19.9 Å². The molecule has 43 heavy (non-hydrogen) atoms. The number of aliphatic hydroxyl groups excluding tert-OH is 3. The van der Waals surface area contributed by atoms with Crippen molar-refractivity contribution in [3.05, 3.63) is 11.6 Å². The van der Waals surface area contributed by atoms with E-state index >= 15 is 0 Å². The van der Waals surface area contributed by atoms with Crippen LogP contribution in [0.3, 0.4) is 0 Å². The second-order valence-electron chi connectivity index (χ2n) is 15.6. The number of hydrogen-bond acceptors (Lipinski definition) is 7. The average molecular weight is 629 g/mol. The smallest absolute Gasteiger partial charge is 0.387 e. The zero-order valence-corrected chi connectivity index (χ0v) is 27.7. The first-order valence-corrected chi connectivity index (χ1v) is 18.4. The molecule has 248 valence electrons. The third-order valence-electron chi connectivity index (χ3n) is 12.7. The van der Waals surface area contributed by atoms with Gasteiger partial charge in [0.05, 0.1) is 12.7 Å². The number of phosphoric acid groups is 1. The van der Waals surface area contributed by atoms with Crippen molar-refractivity contribution in [2.75, 3.05) is 6.61 Å². The van der Waals surface area contributed by atoms with E-state index < -0.39 is 45.1 Å². The quantitative estimate of drug-likeness (QED) is 0.160. The number of phosphoric ester groups is 1. The van der Waals surface area contributed by atoms with E-state index in [0.717, 1.165) is 55.3 Å². The van der Waals surface area contributed by atoms with E-state index in [0.29, 0.717) is 11.3 Å². The molecule has 4 aliphatic carbocycles. The molecule has 3 saturated carbocycles. The lowest BCUT2D eigenvalue weighted by molar-refractivity contribution is -0.312. The molecule has 0 aromatic heterocycles. The highest BCUT2D eigenvalue weighted by molar-refractivity contribution is 7.46. The number of aliphatic hydroxyl groups is 3. The van der Waals surface area contributed by atoms with Crippen molar-refractivity contribution in [3.8, 4) is 0 Å². The Morgan fingerprint density at radius 1 is 0.977 bits per heavy atom. The van der Waals surface area contributed by atoms with Gasteiger partial charge < -0.3 is 34.6 Å². The van der Waals surface area contributed by atoms with Gasteiger partial charge in [-0.2, -0.15) is 0 Å². The molecule has 0 unspecified atom stereocenters. The Balaban J connectivity index is 1.22. The molecule has 10 heteroatoms. The molecule has 0 aromatic rings. The summed E-state index contributed by atoms with van der Waals surface area (Å²) in [6, 6.07) is 0. The normalized spacial score (nSPS) is 45.7. The van der Waals surface area contributed by atoms with Crippen LogP contribution in [-0.4, -0.2) is 68.5 Å². The fraction of sp³-hybridized carbons (Fsp3) is 0.939. The summed E-state index contributed by atoms with van der Waals surface area (Å²) < 4.78 is 27.5. The van der Waals surface area contributed by atoms with Crippen LogP contribution in [0.5, 0.6) is 0 Å². The fourth-order valence-electron chi connectivity index (χ4n) is 10.3. The van der Waals surface area contributed by atoms with E-state index in [4.69, 9.17) is 19.3 Å². The van der Waals surface area contributed by atoms with Crippen LogP contribution >= 0.6 is 7.82 Å². The molecule has 9 nitrogen and oxygen atoms in total. The van der Waals surface area contributed by atoms with Gasteiger partial charge in [0.2, 0.25) is 0 Å². The SMILES string of the molecule is CC(C)CCC[C@@H](C)[C@H]1CC[C@H]2[C@@H]3CC=C4C[C@@H](O[C@H]5O[C@H](COP(=O)(O)O)[C@H](O)[C@@H](O)[C@@H]5O)CC[C@]4(C)[C@H]3CC[C@]12C. The number of allylic oxidation sites excluding steroid dienone is 1. The highest BCUT2D eigenvalue weighted by Gasteiger charge is 2.59. The molecule has 1 aliphatic heterocycles. The van der Waals surface area contributed by atoms with Crippen LogP contribution in [0.1, 0.15) is 105 Å². The van der Waals surface area contributed by atoms with Crippen molar-refractivity contribution in [2.24, 2.45) is 46.3 Å². The third-order valence-corrected chi connectivity index (χ3v) is 13.1. The van der Waals surface area contributed by atoms with E-state index in [1.54, 1.807) is 0 Å². The second-order valence-corrected chi connectivity index (χ2v) is 16.8. The molecule has 5 rings (SSSR count). The van der Waals surface area contributed by atoms with Crippen molar-refractivity contribution >= 4 is 7.82 Å². The molecular formula is C33H57O9P. The molecular weight excluding hydrogens is 571 g/mol. The van der Waals surface area contributed by atoms with Crippen LogP contribution in [0.4, 0.5) is 0 Å². The Labute approximate surface area is 258 Å². The van der Waals surface area contributed by atoms with Gasteiger partial charge in [0, 0.05) is 0 Å². The molecule has 0 radical (unpaired) electrons. The highest BCUT2D eigenvalue weighted by Crippen LogP contribution is 2.67. The Bertz CT molecular complexity index is 1050. The van der Waals surface area contributed by atoms with Gasteiger partial charge in [-0.3, -0.25) is 4.52 Å². The Morgan fingerprint density at radius 2 is 1.72 bits per heavy atom. The lowest BCUT2D eigenvalue weighted by atomic mass is 9.47. The summed E-state index contributed by atoms with van der Waals surface area (Å²) in [5.74, 6) is 4.60. The number of ether oxygens (including phenoxy) is 2. The minimum absolute atomic E-state index is 0.132. The summed E-state index contributed by atoms with van der Waals surface area (Å²) in [6.45, 7) is 11.6. The van der Waals surface area contributed by atoms with Gasteiger partial charge in [-0.1, -0.05) is 65.5 Å². The molecule has 0 aromatic carbocycles. The number of rotatable bonds is 10. The summed E-state index contributed by atoms with van der Waals surface area (Å²) in [7, 11) is -4.80. The fourth-order valence-corrected chi connectivity index (χ4v) is 10.6. The first-order chi connectivity index (χ1) is 20.1. The van der Waals surface area contributed by atoms with Crippen molar-refractivity contribution in [1.29, 1.82) is 0 Å². The van der Waals surface area contributed by atoms with Crippen molar-refractivity contribution in [3.63, 3.8) is 0 Å². The summed E-state index contributed by atoms with van der Waals surface area (Å²) in [6.07, 6.45) is 8.14. The molecule has 5 aliphatic rings. The highest BCUT2D eigenvalue weighted by atomic mass is 31.2. The average Bonchev–Trinajstić information content (AvgIpc) is 3.29. The van der Waals surface area contributed by atoms with Crippen LogP contribution in [0, 0.1) is 46.3 Å². The van der Waals surface area contributed by atoms with E-state index in [1.165, 1.54) is 50.5 Å². The minimum atomic E-state index is -4.80. The molecule has 5 N–H and O–H groups in total. The summed E-state index contributed by atoms with van der Waals surface area (Å²) in [4.78, 5) is 18.1. The maximum absolute atomic E-state index is 11.2. The van der Waals surface area contributed by atoms with Crippen molar-refractivity contribution < 1.29 is 43.7 Å². The van der Waals surface area contributed by atoms with Crippen LogP contribution in [0.25, 0.3) is 0 Å². The predicted molar refractivity (Wildman–Crippen MR) is 163 cm³/mol. The van der Waals surface area contributed by atoms with Crippen LogP contribution < -0.4 is 0 Å². The Kier molecular flexibility index (Phi) is 10.3. The summed E-state index contributed by atoms with van der Waals surface area (Å²) in [5, 5.41) is 31.3. The largest absolute Gasteiger partial charge is 0.469 e. The molecule has 0 spiro atoms. The van der Waals surface area contributed by atoms with Gasteiger partial charge in [-0.25, -0.2) is 4.57 Å². The predicted octanol–water partition coefficient (Wildman–Crippen LogP) is 5.33. The maximum Gasteiger partial charge on any atom is 0.469 e. The van der Waals surface area contributed by atoms with Gasteiger partial charge >= 0.3 is 7.82 Å². The zero-order valence-electron chi connectivity index (χ0n) is 26.8. The minimum Gasteiger partial charge on any atom is -0.387 e. The molecule has 0 amide bonds. The zero-order chi connectivity index (χ0) is 31.3. The van der Waals surface area contributed by atoms with Crippen LogP contribution in [0.2, 0.25) is 0 Å². The summed E-state index contributed by atoms with van der Waals surface area (Å²) >= 11 is 0. The van der Waals surface area contributed by atoms with E-state index in [-0.39, 0.29) is 11.5 Å². The first-order valence-electron chi connectivity index (χ1n) is 16.9. The van der Waals surface area contributed by atoms with Gasteiger partial charge in [0.15, 0.2) is 6.29 Å². The monoisotopic (exact) mass is 628 g/mol.